The molecule has 5 atom stereocenters. The van der Waals surface area contributed by atoms with Crippen molar-refractivity contribution in [2.75, 3.05) is 6.61 Å². The summed E-state index contributed by atoms with van der Waals surface area (Å²) < 4.78 is 6.26. The van der Waals surface area contributed by atoms with Gasteiger partial charge in [0.1, 0.15) is 0 Å². The fourth-order valence-corrected chi connectivity index (χ4v) is 7.03. The van der Waals surface area contributed by atoms with Crippen molar-refractivity contribution in [2.45, 2.75) is 76.4 Å². The van der Waals surface area contributed by atoms with Crippen LogP contribution in [-0.4, -0.2) is 29.2 Å². The van der Waals surface area contributed by atoms with Gasteiger partial charge in [0.2, 0.25) is 0 Å². The van der Waals surface area contributed by atoms with Crippen LogP contribution in [0.2, 0.25) is 0 Å². The Hall–Kier alpha value is -0.930. The lowest BCUT2D eigenvalue weighted by molar-refractivity contribution is -0.145. The van der Waals surface area contributed by atoms with Gasteiger partial charge >= 0.3 is 0 Å². The molecule has 130 valence electrons. The second-order valence-corrected chi connectivity index (χ2v) is 8.89. The first-order valence-electron chi connectivity index (χ1n) is 9.83. The molecule has 1 aliphatic heterocycles. The van der Waals surface area contributed by atoms with Crippen molar-refractivity contribution in [1.82, 2.24) is 0 Å². The van der Waals surface area contributed by atoms with E-state index in [0.717, 1.165) is 45.1 Å². The Labute approximate surface area is 144 Å². The molecule has 1 N–H and O–H groups in total. The lowest BCUT2D eigenvalue weighted by Gasteiger charge is -2.53. The van der Waals surface area contributed by atoms with E-state index in [0.29, 0.717) is 24.0 Å². The van der Waals surface area contributed by atoms with Gasteiger partial charge in [-0.3, -0.25) is 4.79 Å². The van der Waals surface area contributed by atoms with Crippen molar-refractivity contribution in [3.63, 3.8) is 0 Å². The van der Waals surface area contributed by atoms with Gasteiger partial charge < -0.3 is 9.84 Å². The Morgan fingerprint density at radius 2 is 2.00 bits per heavy atom. The topological polar surface area (TPSA) is 46.5 Å². The molecule has 24 heavy (non-hydrogen) atoms. The summed E-state index contributed by atoms with van der Waals surface area (Å²) in [6, 6.07) is 0. The summed E-state index contributed by atoms with van der Waals surface area (Å²) in [5.74, 6) is 1.61. The van der Waals surface area contributed by atoms with Gasteiger partial charge in [-0.1, -0.05) is 12.5 Å². The minimum Gasteiger partial charge on any atom is -0.390 e. The molecule has 4 aliphatic carbocycles. The first-order valence-corrected chi connectivity index (χ1v) is 9.83. The van der Waals surface area contributed by atoms with Crippen LogP contribution < -0.4 is 0 Å². The van der Waals surface area contributed by atoms with Gasteiger partial charge in [0.15, 0.2) is 5.78 Å². The molecule has 3 heteroatoms. The highest BCUT2D eigenvalue weighted by Gasteiger charge is 2.66. The van der Waals surface area contributed by atoms with Crippen LogP contribution in [0.15, 0.2) is 22.8 Å². The van der Waals surface area contributed by atoms with E-state index >= 15 is 0 Å². The van der Waals surface area contributed by atoms with Crippen molar-refractivity contribution >= 4 is 5.78 Å². The monoisotopic (exact) mass is 328 g/mol. The van der Waals surface area contributed by atoms with Crippen molar-refractivity contribution in [2.24, 2.45) is 17.3 Å². The molecule has 0 aromatic rings. The van der Waals surface area contributed by atoms with E-state index in [1.54, 1.807) is 5.57 Å². The molecule has 0 radical (unpaired) electrons. The lowest BCUT2D eigenvalue weighted by Crippen LogP contribution is -2.54. The zero-order chi connectivity index (χ0) is 16.5. The fraction of sp³-hybridized carbons (Fsp3) is 0.762. The average Bonchev–Trinajstić information content (AvgIpc) is 3.09. The van der Waals surface area contributed by atoms with Crippen LogP contribution >= 0.6 is 0 Å². The third-order valence-electron chi connectivity index (χ3n) is 8.20. The van der Waals surface area contributed by atoms with Crippen molar-refractivity contribution in [3.8, 4) is 0 Å². The van der Waals surface area contributed by atoms with E-state index in [1.165, 1.54) is 24.0 Å². The van der Waals surface area contributed by atoms with E-state index in [4.69, 9.17) is 4.74 Å². The average molecular weight is 328 g/mol. The summed E-state index contributed by atoms with van der Waals surface area (Å²) in [7, 11) is 0. The van der Waals surface area contributed by atoms with Crippen molar-refractivity contribution in [1.29, 1.82) is 0 Å². The maximum atomic E-state index is 11.8. The first-order chi connectivity index (χ1) is 11.6. The van der Waals surface area contributed by atoms with E-state index in [-0.39, 0.29) is 17.1 Å². The van der Waals surface area contributed by atoms with Gasteiger partial charge in [-0.25, -0.2) is 0 Å². The van der Waals surface area contributed by atoms with Crippen LogP contribution in [0, 0.1) is 17.3 Å². The highest BCUT2D eigenvalue weighted by atomic mass is 16.5. The quantitative estimate of drug-likeness (QED) is 0.737. The molecule has 5 rings (SSSR count). The largest absolute Gasteiger partial charge is 0.390 e. The van der Waals surface area contributed by atoms with Gasteiger partial charge in [0, 0.05) is 11.8 Å². The highest BCUT2D eigenvalue weighted by Crippen LogP contribution is 2.66. The molecule has 0 unspecified atom stereocenters. The van der Waals surface area contributed by atoms with Crippen molar-refractivity contribution < 1.29 is 14.6 Å². The summed E-state index contributed by atoms with van der Waals surface area (Å²) in [5.41, 5.74) is 4.36. The second-order valence-electron chi connectivity index (χ2n) is 8.89. The van der Waals surface area contributed by atoms with Crippen molar-refractivity contribution in [3.05, 3.63) is 22.8 Å². The van der Waals surface area contributed by atoms with Gasteiger partial charge in [-0.2, -0.15) is 0 Å². The fourth-order valence-electron chi connectivity index (χ4n) is 7.03. The molecule has 1 heterocycles. The summed E-state index contributed by atoms with van der Waals surface area (Å²) in [6.07, 6.45) is 10.8. The Balaban J connectivity index is 1.54. The van der Waals surface area contributed by atoms with Gasteiger partial charge in [-0.15, -0.1) is 0 Å². The predicted molar refractivity (Wildman–Crippen MR) is 91.4 cm³/mol. The number of rotatable bonds is 0. The SMILES string of the molecule is C[C@]12CCC3=C4CCC(=O)C=C4CC[C@H]3[C@@H]1CC[C@]21OCC[C@@H]1O. The van der Waals surface area contributed by atoms with Crippen LogP contribution in [0.1, 0.15) is 64.7 Å². The number of hydrogen-bond acceptors (Lipinski definition) is 3. The van der Waals surface area contributed by atoms with E-state index in [1.807, 2.05) is 6.08 Å². The lowest BCUT2D eigenvalue weighted by atomic mass is 9.54. The Bertz CT molecular complexity index is 660. The number of ether oxygens (including phenoxy) is 1. The van der Waals surface area contributed by atoms with Crippen LogP contribution in [0.4, 0.5) is 0 Å². The number of aliphatic hydroxyl groups excluding tert-OH is 1. The molecule has 0 bridgehead atoms. The number of ketones is 1. The Morgan fingerprint density at radius 1 is 1.12 bits per heavy atom. The number of aliphatic hydroxyl groups is 1. The third-order valence-corrected chi connectivity index (χ3v) is 8.20. The van der Waals surface area contributed by atoms with Crippen LogP contribution in [0.25, 0.3) is 0 Å². The summed E-state index contributed by atoms with van der Waals surface area (Å²) in [5, 5.41) is 10.7. The number of carbonyl (C=O) groups is 1. The number of fused-ring (bicyclic) bond motifs is 5. The number of carbonyl (C=O) groups excluding carboxylic acids is 1. The molecule has 0 aromatic heterocycles. The number of allylic oxidation sites excluding steroid dienone is 4. The third kappa shape index (κ3) is 1.78. The van der Waals surface area contributed by atoms with E-state index in [2.05, 4.69) is 6.92 Å². The summed E-state index contributed by atoms with van der Waals surface area (Å²) >= 11 is 0. The molecular formula is C21H28O3. The van der Waals surface area contributed by atoms with Crippen LogP contribution in [-0.2, 0) is 9.53 Å². The minimum atomic E-state index is -0.285. The van der Waals surface area contributed by atoms with Gasteiger partial charge in [0.25, 0.3) is 0 Å². The van der Waals surface area contributed by atoms with E-state index < -0.39 is 0 Å². The smallest absolute Gasteiger partial charge is 0.156 e. The molecular weight excluding hydrogens is 300 g/mol. The standard InChI is InChI=1S/C21H28O3/c1-20-9-6-16-15-5-3-14(22)12-13(15)2-4-17(16)18(20)7-10-21(20)19(23)8-11-24-21/h12,17-19,23H,2-11H2,1H3/t17-,18+,19+,20+,21-/m1/s1. The maximum Gasteiger partial charge on any atom is 0.156 e. The molecule has 1 spiro atoms. The normalized spacial score (nSPS) is 47.5. The summed E-state index contributed by atoms with van der Waals surface area (Å²) in [6.45, 7) is 3.12. The van der Waals surface area contributed by atoms with Gasteiger partial charge in [-0.05, 0) is 80.4 Å². The Morgan fingerprint density at radius 3 is 2.79 bits per heavy atom. The second kappa shape index (κ2) is 5.04. The molecule has 2 saturated carbocycles. The Kier molecular flexibility index (Phi) is 3.22. The van der Waals surface area contributed by atoms with Crippen LogP contribution in [0.3, 0.4) is 0 Å². The number of hydrogen-bond donors (Lipinski definition) is 1. The zero-order valence-corrected chi connectivity index (χ0v) is 14.6. The van der Waals surface area contributed by atoms with Gasteiger partial charge in [0.05, 0.1) is 18.3 Å². The molecule has 1 saturated heterocycles. The molecule has 0 aromatic carbocycles. The first kappa shape index (κ1) is 15.3. The molecule has 5 aliphatic rings. The maximum absolute atomic E-state index is 11.8. The summed E-state index contributed by atoms with van der Waals surface area (Å²) in [4.78, 5) is 11.8. The predicted octanol–water partition coefficient (Wildman–Crippen LogP) is 3.71. The highest BCUT2D eigenvalue weighted by molar-refractivity contribution is 5.93. The molecule has 0 amide bonds. The minimum absolute atomic E-state index is 0.114. The molecule has 3 nitrogen and oxygen atoms in total. The molecule has 3 fully saturated rings. The van der Waals surface area contributed by atoms with Crippen LogP contribution in [0.5, 0.6) is 0 Å². The zero-order valence-electron chi connectivity index (χ0n) is 14.6. The van der Waals surface area contributed by atoms with E-state index in [9.17, 15) is 9.90 Å².